The van der Waals surface area contributed by atoms with Gasteiger partial charge in [0.05, 0.1) is 17.9 Å². The quantitative estimate of drug-likeness (QED) is 0.250. The summed E-state index contributed by atoms with van der Waals surface area (Å²) in [6, 6.07) is 6.20. The number of carbonyl (C=O) groups excluding carboxylic acids is 4. The van der Waals surface area contributed by atoms with Crippen LogP contribution in [0, 0.1) is 0 Å². The first-order valence-corrected chi connectivity index (χ1v) is 13.2. The Morgan fingerprint density at radius 1 is 0.825 bits per heavy atom. The van der Waals surface area contributed by atoms with E-state index in [9.17, 15) is 39.6 Å². The molecule has 1 atom stereocenters. The number of aryl methyl sites for hydroxylation is 1. The fourth-order valence-electron chi connectivity index (χ4n) is 4.39. The Bertz CT molecular complexity index is 1030. The molecular formula is C25H34N6O8S-4. The molecule has 0 aromatic heterocycles. The van der Waals surface area contributed by atoms with E-state index in [0.717, 1.165) is 16.2 Å². The second kappa shape index (κ2) is 16.5. The van der Waals surface area contributed by atoms with E-state index >= 15 is 0 Å². The minimum Gasteiger partial charge on any atom is -0.549 e. The Labute approximate surface area is 238 Å². The summed E-state index contributed by atoms with van der Waals surface area (Å²) in [6.45, 7) is -0.570. The SMILES string of the molecule is CNC(=S)Nc1ccc(CCC(C(=O)[O-])N2CCN(CC(=O)[O-])CCN(CC(=O)[O-])CCN(C(=O)[O-])CC2)cc1. The van der Waals surface area contributed by atoms with Gasteiger partial charge in [-0.3, -0.25) is 14.7 Å². The van der Waals surface area contributed by atoms with E-state index in [2.05, 4.69) is 10.6 Å². The number of nitrogens with zero attached hydrogens (tertiary/aromatic N) is 4. The zero-order chi connectivity index (χ0) is 29.7. The number of hydrogen-bond donors (Lipinski definition) is 2. The summed E-state index contributed by atoms with van der Waals surface area (Å²) in [5, 5.41) is 52.7. The van der Waals surface area contributed by atoms with Crippen molar-refractivity contribution in [2.75, 3.05) is 77.8 Å². The van der Waals surface area contributed by atoms with E-state index in [0.29, 0.717) is 11.5 Å². The van der Waals surface area contributed by atoms with E-state index in [4.69, 9.17) is 12.2 Å². The van der Waals surface area contributed by atoms with Gasteiger partial charge < -0.3 is 55.1 Å². The third-order valence-electron chi connectivity index (χ3n) is 6.60. The molecule has 0 spiro atoms. The highest BCUT2D eigenvalue weighted by atomic mass is 32.1. The van der Waals surface area contributed by atoms with Crippen LogP contribution in [-0.2, 0) is 20.8 Å². The Kier molecular flexibility index (Phi) is 13.5. The van der Waals surface area contributed by atoms with Crippen LogP contribution in [0.1, 0.15) is 12.0 Å². The van der Waals surface area contributed by atoms with Gasteiger partial charge in [0.2, 0.25) is 0 Å². The maximum absolute atomic E-state index is 12.2. The van der Waals surface area contributed by atoms with Gasteiger partial charge in [0.1, 0.15) is 6.09 Å². The molecule has 1 amide bonds. The molecule has 2 N–H and O–H groups in total. The van der Waals surface area contributed by atoms with Gasteiger partial charge >= 0.3 is 0 Å². The molecule has 1 fully saturated rings. The number of thiocarbonyl (C=S) groups is 1. The average molecular weight is 579 g/mol. The molecular weight excluding hydrogens is 544 g/mol. The minimum atomic E-state index is -1.47. The average Bonchev–Trinajstić information content (AvgIpc) is 2.88. The lowest BCUT2D eigenvalue weighted by molar-refractivity contribution is -0.312. The highest BCUT2D eigenvalue weighted by molar-refractivity contribution is 7.80. The number of amides is 1. The number of carbonyl (C=O) groups is 4. The number of benzene rings is 1. The molecule has 1 aliphatic rings. The van der Waals surface area contributed by atoms with Gasteiger partial charge in [-0.05, 0) is 42.8 Å². The smallest absolute Gasteiger partial charge is 0.170 e. The van der Waals surface area contributed by atoms with Gasteiger partial charge in [0.15, 0.2) is 5.11 Å². The van der Waals surface area contributed by atoms with Crippen LogP contribution in [0.2, 0.25) is 0 Å². The van der Waals surface area contributed by atoms with Crippen LogP contribution in [0.4, 0.5) is 10.5 Å². The molecule has 1 aromatic rings. The lowest BCUT2D eigenvalue weighted by Gasteiger charge is -2.38. The largest absolute Gasteiger partial charge is 0.549 e. The lowest BCUT2D eigenvalue weighted by atomic mass is 10.0. The lowest BCUT2D eigenvalue weighted by Crippen LogP contribution is -2.56. The summed E-state index contributed by atoms with van der Waals surface area (Å²) in [4.78, 5) is 51.9. The molecule has 222 valence electrons. The summed E-state index contributed by atoms with van der Waals surface area (Å²) in [5.41, 5.74) is 1.63. The zero-order valence-electron chi connectivity index (χ0n) is 22.3. The number of carboxylic acids is 3. The van der Waals surface area contributed by atoms with E-state index in [1.807, 2.05) is 24.3 Å². The van der Waals surface area contributed by atoms with Crippen molar-refractivity contribution in [1.29, 1.82) is 0 Å². The topological polar surface area (TPSA) is 198 Å². The highest BCUT2D eigenvalue weighted by Gasteiger charge is 2.23. The molecule has 1 saturated heterocycles. The van der Waals surface area contributed by atoms with Crippen LogP contribution in [-0.4, -0.2) is 127 Å². The first kappa shape index (κ1) is 32.7. The van der Waals surface area contributed by atoms with Crippen molar-refractivity contribution < 1.29 is 39.6 Å². The molecule has 1 unspecified atom stereocenters. The van der Waals surface area contributed by atoms with Gasteiger partial charge in [-0.1, -0.05) is 12.1 Å². The van der Waals surface area contributed by atoms with Gasteiger partial charge in [-0.2, -0.15) is 0 Å². The molecule has 14 nitrogen and oxygen atoms in total. The molecule has 0 saturated carbocycles. The van der Waals surface area contributed by atoms with Crippen LogP contribution in [0.5, 0.6) is 0 Å². The standard InChI is InChI=1S/C25H38N6O8S/c1-26-24(40)27-19-5-2-18(3-6-19)4-7-20(23(36)37)30-12-10-28(16-21(32)33)8-9-29(17-22(34)35)11-13-31(15-14-30)25(38)39/h2-3,5-6,20H,4,7-17H2,1H3,(H,32,33)(H,34,35)(H,36,37)(H,38,39)(H2,26,27,40)/p-4. The molecule has 15 heteroatoms. The number of rotatable bonds is 10. The third kappa shape index (κ3) is 11.7. The maximum Gasteiger partial charge on any atom is 0.170 e. The van der Waals surface area contributed by atoms with Crippen molar-refractivity contribution in [2.45, 2.75) is 18.9 Å². The number of hydrogen-bond acceptors (Lipinski definition) is 12. The number of carboxylic acid groups (broad SMARTS) is 4. The van der Waals surface area contributed by atoms with Crippen molar-refractivity contribution in [3.05, 3.63) is 29.8 Å². The van der Waals surface area contributed by atoms with Gasteiger partial charge in [-0.25, -0.2) is 0 Å². The molecule has 0 radical (unpaired) electrons. The zero-order valence-corrected chi connectivity index (χ0v) is 23.2. The second-order valence-corrected chi connectivity index (χ2v) is 9.77. The van der Waals surface area contributed by atoms with E-state index in [1.165, 1.54) is 9.80 Å². The van der Waals surface area contributed by atoms with Crippen LogP contribution < -0.4 is 31.1 Å². The van der Waals surface area contributed by atoms with Crippen LogP contribution in [0.3, 0.4) is 0 Å². The Balaban J connectivity index is 2.19. The van der Waals surface area contributed by atoms with E-state index in [1.54, 1.807) is 11.9 Å². The van der Waals surface area contributed by atoms with Crippen molar-refractivity contribution in [2.24, 2.45) is 0 Å². The van der Waals surface area contributed by atoms with Crippen LogP contribution >= 0.6 is 12.2 Å². The number of nitrogens with one attached hydrogen (secondary N) is 2. The maximum atomic E-state index is 12.2. The van der Waals surface area contributed by atoms with Crippen molar-refractivity contribution in [3.8, 4) is 0 Å². The van der Waals surface area contributed by atoms with Crippen LogP contribution in [0.15, 0.2) is 24.3 Å². The Morgan fingerprint density at radius 2 is 1.32 bits per heavy atom. The van der Waals surface area contributed by atoms with Gasteiger partial charge in [0, 0.05) is 84.2 Å². The van der Waals surface area contributed by atoms with E-state index in [-0.39, 0.29) is 58.8 Å². The Morgan fingerprint density at radius 3 is 1.82 bits per heavy atom. The van der Waals surface area contributed by atoms with E-state index < -0.39 is 43.1 Å². The van der Waals surface area contributed by atoms with Crippen LogP contribution in [0.25, 0.3) is 0 Å². The van der Waals surface area contributed by atoms with Crippen molar-refractivity contribution in [3.63, 3.8) is 0 Å². The summed E-state index contributed by atoms with van der Waals surface area (Å²) < 4.78 is 0. The first-order valence-electron chi connectivity index (χ1n) is 12.8. The fourth-order valence-corrected chi connectivity index (χ4v) is 4.51. The second-order valence-electron chi connectivity index (χ2n) is 9.36. The summed E-state index contributed by atoms with van der Waals surface area (Å²) in [7, 11) is 1.69. The van der Waals surface area contributed by atoms with Crippen molar-refractivity contribution in [1.82, 2.24) is 24.9 Å². The monoisotopic (exact) mass is 578 g/mol. The number of anilines is 1. The summed E-state index contributed by atoms with van der Waals surface area (Å²) in [6.07, 6.45) is -0.924. The van der Waals surface area contributed by atoms with Crippen molar-refractivity contribution >= 4 is 47.0 Å². The normalized spacial score (nSPS) is 17.2. The fraction of sp³-hybridized carbons (Fsp3) is 0.560. The summed E-state index contributed by atoms with van der Waals surface area (Å²) >= 11 is 5.08. The van der Waals surface area contributed by atoms with Gasteiger partial charge in [-0.15, -0.1) is 0 Å². The molecule has 1 heterocycles. The minimum absolute atomic E-state index is 0.0105. The molecule has 0 aliphatic carbocycles. The Hall–Kier alpha value is -3.53. The summed E-state index contributed by atoms with van der Waals surface area (Å²) in [5.74, 6) is -4.02. The first-order chi connectivity index (χ1) is 19.0. The molecule has 0 bridgehead atoms. The molecule has 2 rings (SSSR count). The molecule has 40 heavy (non-hydrogen) atoms. The predicted octanol–water partition coefficient (Wildman–Crippen LogP) is -5.28. The molecule has 1 aliphatic heterocycles. The number of aliphatic carboxylic acids is 3. The highest BCUT2D eigenvalue weighted by Crippen LogP contribution is 2.15. The predicted molar refractivity (Wildman–Crippen MR) is 140 cm³/mol. The third-order valence-corrected chi connectivity index (χ3v) is 6.91. The van der Waals surface area contributed by atoms with Gasteiger partial charge in [0.25, 0.3) is 0 Å². The molecule has 1 aromatic carbocycles.